The molecule has 4 heteroatoms. The van der Waals surface area contributed by atoms with E-state index in [0.717, 1.165) is 5.56 Å². The zero-order valence-corrected chi connectivity index (χ0v) is 11.0. The number of hydrogen-bond donors (Lipinski definition) is 0. The van der Waals surface area contributed by atoms with Crippen LogP contribution in [0.5, 0.6) is 0 Å². The van der Waals surface area contributed by atoms with E-state index >= 15 is 0 Å². The van der Waals surface area contributed by atoms with Gasteiger partial charge >= 0.3 is 0 Å². The van der Waals surface area contributed by atoms with Crippen molar-refractivity contribution < 1.29 is 4.79 Å². The molecular weight excluding hydrogens is 236 g/mol. The van der Waals surface area contributed by atoms with Gasteiger partial charge in [-0.1, -0.05) is 17.7 Å². The molecule has 0 heterocycles. The highest BCUT2D eigenvalue weighted by Gasteiger charge is 2.14. The van der Waals surface area contributed by atoms with Crippen LogP contribution in [0.15, 0.2) is 18.2 Å². The van der Waals surface area contributed by atoms with Crippen LogP contribution in [-0.4, -0.2) is 24.4 Å². The zero-order valence-electron chi connectivity index (χ0n) is 10.2. The van der Waals surface area contributed by atoms with Gasteiger partial charge in [-0.2, -0.15) is 5.26 Å². The van der Waals surface area contributed by atoms with E-state index in [1.807, 2.05) is 13.0 Å². The van der Waals surface area contributed by atoms with E-state index in [1.165, 1.54) is 4.90 Å². The molecule has 0 saturated heterocycles. The number of carbonyl (C=O) groups excluding carboxylic acids is 1. The lowest BCUT2D eigenvalue weighted by atomic mass is 10.1. The van der Waals surface area contributed by atoms with E-state index in [2.05, 4.69) is 6.07 Å². The number of carbonyl (C=O) groups is 1. The van der Waals surface area contributed by atoms with Gasteiger partial charge in [-0.25, -0.2) is 0 Å². The summed E-state index contributed by atoms with van der Waals surface area (Å²) in [6, 6.07) is 7.33. The molecule has 0 fully saturated rings. The first-order valence-electron chi connectivity index (χ1n) is 5.37. The number of hydrogen-bond acceptors (Lipinski definition) is 2. The molecule has 0 saturated carbocycles. The van der Waals surface area contributed by atoms with Crippen molar-refractivity contribution >= 4 is 17.5 Å². The maximum absolute atomic E-state index is 12.0. The molecule has 0 spiro atoms. The summed E-state index contributed by atoms with van der Waals surface area (Å²) in [5.74, 6) is -0.293. The molecular formula is C13H15ClN2O. The Balaban J connectivity index is 2.82. The van der Waals surface area contributed by atoms with Gasteiger partial charge in [0.15, 0.2) is 0 Å². The standard InChI is InChI=1S/C13H15ClN2O/c1-9(7-15)8-16(3)13(17)11-5-4-10(2)12(14)6-11/h4-6,9H,8H2,1-3H3. The van der Waals surface area contributed by atoms with Gasteiger partial charge in [-0.3, -0.25) is 4.79 Å². The minimum absolute atomic E-state index is 0.117. The molecule has 1 unspecified atom stereocenters. The Morgan fingerprint density at radius 2 is 2.24 bits per heavy atom. The number of nitriles is 1. The fraction of sp³-hybridized carbons (Fsp3) is 0.385. The molecule has 0 aliphatic rings. The molecule has 3 nitrogen and oxygen atoms in total. The third-order valence-corrected chi connectivity index (χ3v) is 2.94. The lowest BCUT2D eigenvalue weighted by Crippen LogP contribution is -2.30. The monoisotopic (exact) mass is 250 g/mol. The highest BCUT2D eigenvalue weighted by molar-refractivity contribution is 6.31. The van der Waals surface area contributed by atoms with Crippen LogP contribution in [0, 0.1) is 24.2 Å². The highest BCUT2D eigenvalue weighted by atomic mass is 35.5. The summed E-state index contributed by atoms with van der Waals surface area (Å²) in [6.45, 7) is 4.09. The van der Waals surface area contributed by atoms with Crippen LogP contribution in [0.1, 0.15) is 22.8 Å². The van der Waals surface area contributed by atoms with Crippen molar-refractivity contribution in [3.05, 3.63) is 34.3 Å². The van der Waals surface area contributed by atoms with Gasteiger partial charge in [-0.05, 0) is 31.5 Å². The second-order valence-electron chi connectivity index (χ2n) is 4.18. The first kappa shape index (κ1) is 13.5. The van der Waals surface area contributed by atoms with Crippen LogP contribution >= 0.6 is 11.6 Å². The van der Waals surface area contributed by atoms with Crippen LogP contribution in [0.25, 0.3) is 0 Å². The van der Waals surface area contributed by atoms with Gasteiger partial charge in [0.25, 0.3) is 5.91 Å². The SMILES string of the molecule is Cc1ccc(C(=O)N(C)CC(C)C#N)cc1Cl. The molecule has 1 aromatic carbocycles. The molecule has 0 N–H and O–H groups in total. The summed E-state index contributed by atoms with van der Waals surface area (Å²) in [5, 5.41) is 9.29. The second-order valence-corrected chi connectivity index (χ2v) is 4.59. The fourth-order valence-electron chi connectivity index (χ4n) is 1.48. The van der Waals surface area contributed by atoms with E-state index in [1.54, 1.807) is 26.1 Å². The second kappa shape index (κ2) is 5.70. The minimum Gasteiger partial charge on any atom is -0.340 e. The summed E-state index contributed by atoms with van der Waals surface area (Å²) in [5.41, 5.74) is 1.49. The molecule has 0 aromatic heterocycles. The molecule has 1 aromatic rings. The fourth-order valence-corrected chi connectivity index (χ4v) is 1.66. The van der Waals surface area contributed by atoms with Crippen molar-refractivity contribution in [2.24, 2.45) is 5.92 Å². The van der Waals surface area contributed by atoms with E-state index in [4.69, 9.17) is 16.9 Å². The number of halogens is 1. The Morgan fingerprint density at radius 1 is 1.59 bits per heavy atom. The van der Waals surface area contributed by atoms with Crippen molar-refractivity contribution in [3.8, 4) is 6.07 Å². The molecule has 1 rings (SSSR count). The Labute approximate surface area is 107 Å². The lowest BCUT2D eigenvalue weighted by Gasteiger charge is -2.18. The number of amides is 1. The van der Waals surface area contributed by atoms with Crippen molar-refractivity contribution in [2.75, 3.05) is 13.6 Å². The van der Waals surface area contributed by atoms with Crippen LogP contribution < -0.4 is 0 Å². The van der Waals surface area contributed by atoms with Gasteiger partial charge in [-0.15, -0.1) is 0 Å². The van der Waals surface area contributed by atoms with Gasteiger partial charge in [0.1, 0.15) is 0 Å². The summed E-state index contributed by atoms with van der Waals surface area (Å²) in [4.78, 5) is 13.6. The summed E-state index contributed by atoms with van der Waals surface area (Å²) < 4.78 is 0. The molecule has 0 bridgehead atoms. The number of benzene rings is 1. The van der Waals surface area contributed by atoms with E-state index in [9.17, 15) is 4.79 Å². The number of aryl methyl sites for hydroxylation is 1. The predicted molar refractivity (Wildman–Crippen MR) is 67.9 cm³/mol. The molecule has 1 amide bonds. The minimum atomic E-state index is -0.176. The van der Waals surface area contributed by atoms with Crippen LogP contribution in [0.3, 0.4) is 0 Å². The van der Waals surface area contributed by atoms with Crippen molar-refractivity contribution in [1.82, 2.24) is 4.90 Å². The maximum atomic E-state index is 12.0. The van der Waals surface area contributed by atoms with Crippen LogP contribution in [0.2, 0.25) is 5.02 Å². The quantitative estimate of drug-likeness (QED) is 0.828. The van der Waals surface area contributed by atoms with E-state index < -0.39 is 0 Å². The normalized spacial score (nSPS) is 11.7. The Bertz CT molecular complexity index is 465. The molecule has 17 heavy (non-hydrogen) atoms. The summed E-state index contributed by atoms with van der Waals surface area (Å²) in [7, 11) is 1.68. The van der Waals surface area contributed by atoms with E-state index in [0.29, 0.717) is 17.1 Å². The van der Waals surface area contributed by atoms with Crippen LogP contribution in [-0.2, 0) is 0 Å². The molecule has 0 aliphatic heterocycles. The van der Waals surface area contributed by atoms with Crippen molar-refractivity contribution in [3.63, 3.8) is 0 Å². The first-order chi connectivity index (χ1) is 7.95. The highest BCUT2D eigenvalue weighted by Crippen LogP contribution is 2.17. The Morgan fingerprint density at radius 3 is 2.76 bits per heavy atom. The van der Waals surface area contributed by atoms with Gasteiger partial charge < -0.3 is 4.90 Å². The zero-order chi connectivity index (χ0) is 13.0. The average Bonchev–Trinajstić information content (AvgIpc) is 2.31. The lowest BCUT2D eigenvalue weighted by molar-refractivity contribution is 0.0785. The third-order valence-electron chi connectivity index (χ3n) is 2.53. The number of nitrogens with zero attached hydrogens (tertiary/aromatic N) is 2. The summed E-state index contributed by atoms with van der Waals surface area (Å²) in [6.07, 6.45) is 0. The topological polar surface area (TPSA) is 44.1 Å². The molecule has 1 atom stereocenters. The van der Waals surface area contributed by atoms with Crippen molar-refractivity contribution in [1.29, 1.82) is 5.26 Å². The molecule has 90 valence electrons. The largest absolute Gasteiger partial charge is 0.340 e. The van der Waals surface area contributed by atoms with Gasteiger partial charge in [0.2, 0.25) is 0 Å². The third kappa shape index (κ3) is 3.47. The van der Waals surface area contributed by atoms with Gasteiger partial charge in [0.05, 0.1) is 12.0 Å². The average molecular weight is 251 g/mol. The number of rotatable bonds is 3. The van der Waals surface area contributed by atoms with E-state index in [-0.39, 0.29) is 11.8 Å². The summed E-state index contributed by atoms with van der Waals surface area (Å²) >= 11 is 5.97. The Kier molecular flexibility index (Phi) is 4.53. The maximum Gasteiger partial charge on any atom is 0.253 e. The molecule has 0 aliphatic carbocycles. The van der Waals surface area contributed by atoms with Gasteiger partial charge in [0, 0.05) is 24.2 Å². The smallest absolute Gasteiger partial charge is 0.253 e. The predicted octanol–water partition coefficient (Wildman–Crippen LogP) is 2.88. The first-order valence-corrected chi connectivity index (χ1v) is 5.74. The Hall–Kier alpha value is -1.53. The van der Waals surface area contributed by atoms with Crippen molar-refractivity contribution in [2.45, 2.75) is 13.8 Å². The molecule has 0 radical (unpaired) electrons. The van der Waals surface area contributed by atoms with Crippen LogP contribution in [0.4, 0.5) is 0 Å².